The molecule has 0 radical (unpaired) electrons. The number of nitrogens with zero attached hydrogens (tertiary/aromatic N) is 2. The van der Waals surface area contributed by atoms with Crippen LogP contribution in [-0.2, 0) is 13.0 Å². The summed E-state index contributed by atoms with van der Waals surface area (Å²) in [7, 11) is 0. The van der Waals surface area contributed by atoms with E-state index in [2.05, 4.69) is 26.3 Å². The molecule has 0 saturated carbocycles. The second-order valence-corrected chi connectivity index (χ2v) is 6.84. The fourth-order valence-corrected chi connectivity index (χ4v) is 4.02. The summed E-state index contributed by atoms with van der Waals surface area (Å²) in [5, 5.41) is 9.13. The van der Waals surface area contributed by atoms with E-state index in [0.717, 1.165) is 42.0 Å². The number of aryl methyl sites for hydroxylation is 2. The number of amides is 2. The Hall–Kier alpha value is -2.34. The number of anilines is 1. The van der Waals surface area contributed by atoms with Gasteiger partial charge in [0.1, 0.15) is 5.82 Å². The predicted molar refractivity (Wildman–Crippen MR) is 93.1 cm³/mol. The smallest absolute Gasteiger partial charge is 0.319 e. The topological polar surface area (TPSA) is 59.0 Å². The van der Waals surface area contributed by atoms with Crippen LogP contribution >= 0.6 is 11.3 Å². The number of urea groups is 1. The van der Waals surface area contributed by atoms with Crippen molar-refractivity contribution in [2.75, 3.05) is 5.32 Å². The van der Waals surface area contributed by atoms with Crippen molar-refractivity contribution >= 4 is 33.1 Å². The summed E-state index contributed by atoms with van der Waals surface area (Å²) in [5.74, 6) is 1.12. The Bertz CT molecular complexity index is 866. The highest BCUT2D eigenvalue weighted by molar-refractivity contribution is 7.17. The van der Waals surface area contributed by atoms with Crippen molar-refractivity contribution in [2.45, 2.75) is 32.4 Å². The van der Waals surface area contributed by atoms with Gasteiger partial charge in [-0.1, -0.05) is 18.2 Å². The maximum absolute atomic E-state index is 12.3. The molecule has 4 rings (SSSR count). The van der Waals surface area contributed by atoms with Crippen LogP contribution in [0.5, 0.6) is 0 Å². The average molecular weight is 326 g/mol. The molecule has 1 atom stereocenters. The number of benzene rings is 1. The van der Waals surface area contributed by atoms with E-state index in [4.69, 9.17) is 0 Å². The van der Waals surface area contributed by atoms with Crippen LogP contribution in [0.2, 0.25) is 0 Å². The second kappa shape index (κ2) is 5.70. The molecule has 2 N–H and O–H groups in total. The average Bonchev–Trinajstić information content (AvgIpc) is 3.10. The van der Waals surface area contributed by atoms with Crippen molar-refractivity contribution in [3.8, 4) is 0 Å². The lowest BCUT2D eigenvalue weighted by atomic mass is 10.1. The zero-order valence-electron chi connectivity index (χ0n) is 12.9. The number of nitrogens with one attached hydrogen (secondary N) is 2. The van der Waals surface area contributed by atoms with Gasteiger partial charge < -0.3 is 15.2 Å². The van der Waals surface area contributed by atoms with E-state index >= 15 is 0 Å². The zero-order chi connectivity index (χ0) is 15.8. The van der Waals surface area contributed by atoms with Gasteiger partial charge in [-0.2, -0.15) is 0 Å². The molecule has 6 heteroatoms. The third-order valence-electron chi connectivity index (χ3n) is 4.18. The maximum atomic E-state index is 12.3. The van der Waals surface area contributed by atoms with Crippen LogP contribution in [0, 0.1) is 6.92 Å². The van der Waals surface area contributed by atoms with E-state index in [1.54, 1.807) is 11.3 Å². The van der Waals surface area contributed by atoms with Gasteiger partial charge in [-0.25, -0.2) is 9.78 Å². The van der Waals surface area contributed by atoms with Gasteiger partial charge in [0.2, 0.25) is 0 Å². The standard InChI is InChI=1S/C17H18N4OS/c1-11-8-21-9-12(6-7-16(21)18-11)19-17(22)20-14-10-23-15-5-3-2-4-13(14)15/h2-5,8,10,12H,6-7,9H2,1H3,(H2,19,20,22). The molecule has 0 saturated heterocycles. The summed E-state index contributed by atoms with van der Waals surface area (Å²) in [6.07, 6.45) is 3.88. The Morgan fingerprint density at radius 2 is 2.26 bits per heavy atom. The molecular weight excluding hydrogens is 308 g/mol. The van der Waals surface area contributed by atoms with Gasteiger partial charge in [-0.3, -0.25) is 0 Å². The molecule has 0 aliphatic carbocycles. The van der Waals surface area contributed by atoms with Crippen LogP contribution in [0.1, 0.15) is 17.9 Å². The summed E-state index contributed by atoms with van der Waals surface area (Å²) in [5.41, 5.74) is 1.91. The Kier molecular flexibility index (Phi) is 3.53. The molecule has 2 amide bonds. The maximum Gasteiger partial charge on any atom is 0.319 e. The fourth-order valence-electron chi connectivity index (χ4n) is 3.12. The van der Waals surface area contributed by atoms with Crippen LogP contribution in [-0.4, -0.2) is 21.6 Å². The van der Waals surface area contributed by atoms with Crippen molar-refractivity contribution in [1.82, 2.24) is 14.9 Å². The minimum atomic E-state index is -0.140. The van der Waals surface area contributed by atoms with Gasteiger partial charge in [0, 0.05) is 40.7 Å². The SMILES string of the molecule is Cc1cn2c(n1)CCC(NC(=O)Nc1csc3ccccc13)C2. The number of thiophene rings is 1. The van der Waals surface area contributed by atoms with Crippen LogP contribution in [0.15, 0.2) is 35.8 Å². The van der Waals surface area contributed by atoms with Crippen LogP contribution < -0.4 is 10.6 Å². The summed E-state index contributed by atoms with van der Waals surface area (Å²) in [4.78, 5) is 16.8. The molecule has 1 aromatic carbocycles. The van der Waals surface area contributed by atoms with Gasteiger partial charge in [0.15, 0.2) is 0 Å². The highest BCUT2D eigenvalue weighted by Gasteiger charge is 2.21. The van der Waals surface area contributed by atoms with E-state index in [9.17, 15) is 4.79 Å². The number of aromatic nitrogens is 2. The third-order valence-corrected chi connectivity index (χ3v) is 5.14. The van der Waals surface area contributed by atoms with Crippen LogP contribution in [0.3, 0.4) is 0 Å². The van der Waals surface area contributed by atoms with Crippen molar-refractivity contribution in [1.29, 1.82) is 0 Å². The number of carbonyl (C=O) groups is 1. The lowest BCUT2D eigenvalue weighted by Gasteiger charge is -2.24. The van der Waals surface area contributed by atoms with Crippen molar-refractivity contribution < 1.29 is 4.79 Å². The molecule has 0 fully saturated rings. The number of fused-ring (bicyclic) bond motifs is 2. The van der Waals surface area contributed by atoms with Crippen LogP contribution in [0.25, 0.3) is 10.1 Å². The Morgan fingerprint density at radius 3 is 3.17 bits per heavy atom. The summed E-state index contributed by atoms with van der Waals surface area (Å²) in [6, 6.07) is 8.09. The second-order valence-electron chi connectivity index (χ2n) is 5.93. The molecule has 23 heavy (non-hydrogen) atoms. The first-order valence-corrected chi connectivity index (χ1v) is 8.63. The lowest BCUT2D eigenvalue weighted by Crippen LogP contribution is -2.42. The van der Waals surface area contributed by atoms with E-state index in [1.807, 2.05) is 36.7 Å². The van der Waals surface area contributed by atoms with Gasteiger partial charge in [0.05, 0.1) is 11.4 Å². The van der Waals surface area contributed by atoms with Gasteiger partial charge in [-0.15, -0.1) is 11.3 Å². The molecule has 3 heterocycles. The molecule has 5 nitrogen and oxygen atoms in total. The largest absolute Gasteiger partial charge is 0.333 e. The first-order chi connectivity index (χ1) is 11.2. The minimum Gasteiger partial charge on any atom is -0.333 e. The molecule has 0 spiro atoms. The first kappa shape index (κ1) is 14.3. The number of imidazole rings is 1. The zero-order valence-corrected chi connectivity index (χ0v) is 13.7. The number of hydrogen-bond acceptors (Lipinski definition) is 3. The summed E-state index contributed by atoms with van der Waals surface area (Å²) >= 11 is 1.64. The number of carbonyl (C=O) groups excluding carboxylic acids is 1. The Balaban J connectivity index is 1.43. The fraction of sp³-hybridized carbons (Fsp3) is 0.294. The number of hydrogen-bond donors (Lipinski definition) is 2. The minimum absolute atomic E-state index is 0.140. The molecule has 2 aromatic heterocycles. The van der Waals surface area contributed by atoms with Crippen LogP contribution in [0.4, 0.5) is 10.5 Å². The molecule has 1 aliphatic rings. The van der Waals surface area contributed by atoms with Crippen molar-refractivity contribution in [2.24, 2.45) is 0 Å². The van der Waals surface area contributed by atoms with Gasteiger partial charge in [0.25, 0.3) is 0 Å². The van der Waals surface area contributed by atoms with Gasteiger partial charge >= 0.3 is 6.03 Å². The van der Waals surface area contributed by atoms with E-state index in [-0.39, 0.29) is 12.1 Å². The molecular formula is C17H18N4OS. The third kappa shape index (κ3) is 2.82. The first-order valence-electron chi connectivity index (χ1n) is 7.75. The van der Waals surface area contributed by atoms with Gasteiger partial charge in [-0.05, 0) is 19.4 Å². The van der Waals surface area contributed by atoms with Crippen molar-refractivity contribution in [3.63, 3.8) is 0 Å². The highest BCUT2D eigenvalue weighted by atomic mass is 32.1. The van der Waals surface area contributed by atoms with E-state index in [1.165, 1.54) is 4.70 Å². The lowest BCUT2D eigenvalue weighted by molar-refractivity contribution is 0.244. The molecule has 0 bridgehead atoms. The van der Waals surface area contributed by atoms with E-state index < -0.39 is 0 Å². The summed E-state index contributed by atoms with van der Waals surface area (Å²) < 4.78 is 3.32. The Labute approximate surface area is 138 Å². The quantitative estimate of drug-likeness (QED) is 0.757. The molecule has 1 unspecified atom stereocenters. The molecule has 1 aliphatic heterocycles. The predicted octanol–water partition coefficient (Wildman–Crippen LogP) is 3.54. The Morgan fingerprint density at radius 1 is 1.39 bits per heavy atom. The normalized spacial score (nSPS) is 17.0. The highest BCUT2D eigenvalue weighted by Crippen LogP contribution is 2.29. The van der Waals surface area contributed by atoms with E-state index in [0.29, 0.717) is 0 Å². The molecule has 3 aromatic rings. The van der Waals surface area contributed by atoms with Crippen molar-refractivity contribution in [3.05, 3.63) is 47.4 Å². The monoisotopic (exact) mass is 326 g/mol. The summed E-state index contributed by atoms with van der Waals surface area (Å²) in [6.45, 7) is 2.79. The number of rotatable bonds is 2. The molecule has 118 valence electrons.